The van der Waals surface area contributed by atoms with E-state index < -0.39 is 6.23 Å². The number of nitrogens with two attached hydrogens (primary N) is 2. The summed E-state index contributed by atoms with van der Waals surface area (Å²) >= 11 is 0. The molecule has 0 aromatic rings. The Kier molecular flexibility index (Phi) is 5.52. The number of hydrogen-bond acceptors (Lipinski definition) is 4. The zero-order valence-electron chi connectivity index (χ0n) is 6.38. The third-order valence-corrected chi connectivity index (χ3v) is 1.30. The quantitative estimate of drug-likeness (QED) is 0.360. The lowest BCUT2D eigenvalue weighted by Crippen LogP contribution is -2.33. The van der Waals surface area contributed by atoms with Gasteiger partial charge in [-0.2, -0.15) is 0 Å². The molecule has 0 amide bonds. The molecule has 0 aliphatic rings. The van der Waals surface area contributed by atoms with Crippen molar-refractivity contribution in [3.8, 4) is 0 Å². The van der Waals surface area contributed by atoms with Crippen LogP contribution in [0.5, 0.6) is 0 Å². The van der Waals surface area contributed by atoms with Gasteiger partial charge in [0.05, 0.1) is 0 Å². The number of hydrogen-bond donors (Lipinski definition) is 4. The molecule has 62 valence electrons. The molecule has 4 nitrogen and oxygen atoms in total. The summed E-state index contributed by atoms with van der Waals surface area (Å²) in [5, 5.41) is 11.6. The van der Waals surface area contributed by atoms with Crippen molar-refractivity contribution >= 4 is 0 Å². The summed E-state index contributed by atoms with van der Waals surface area (Å²) in [6, 6.07) is 0.100. The monoisotopic (exact) mass is 147 g/mol. The van der Waals surface area contributed by atoms with Crippen LogP contribution in [0.4, 0.5) is 0 Å². The highest BCUT2D eigenvalue weighted by atomic mass is 16.3. The first-order valence-corrected chi connectivity index (χ1v) is 3.50. The fourth-order valence-corrected chi connectivity index (χ4v) is 0.749. The van der Waals surface area contributed by atoms with E-state index in [4.69, 9.17) is 16.6 Å². The van der Waals surface area contributed by atoms with Crippen LogP contribution in [0.1, 0.15) is 12.8 Å². The molecule has 4 heteroatoms. The Bertz CT molecular complexity index is 77.4. The minimum atomic E-state index is -0.720. The zero-order valence-corrected chi connectivity index (χ0v) is 6.38. The fourth-order valence-electron chi connectivity index (χ4n) is 0.749. The second kappa shape index (κ2) is 5.61. The molecule has 0 saturated carbocycles. The van der Waals surface area contributed by atoms with Gasteiger partial charge in [0.15, 0.2) is 0 Å². The summed E-state index contributed by atoms with van der Waals surface area (Å²) < 4.78 is 0. The first-order valence-electron chi connectivity index (χ1n) is 3.50. The fraction of sp³-hybridized carbons (Fsp3) is 1.00. The smallest absolute Gasteiger partial charge is 0.102 e. The highest BCUT2D eigenvalue weighted by molar-refractivity contribution is 4.63. The van der Waals surface area contributed by atoms with Gasteiger partial charge < -0.3 is 21.9 Å². The van der Waals surface area contributed by atoms with Crippen LogP contribution in [-0.4, -0.2) is 31.0 Å². The van der Waals surface area contributed by atoms with Crippen molar-refractivity contribution in [2.45, 2.75) is 25.1 Å². The van der Waals surface area contributed by atoms with E-state index in [1.807, 2.05) is 7.05 Å². The largest absolute Gasteiger partial charge is 0.379 e. The maximum atomic E-state index is 8.67. The number of aliphatic hydroxyl groups is 1. The molecule has 0 rings (SSSR count). The van der Waals surface area contributed by atoms with Crippen molar-refractivity contribution in [1.29, 1.82) is 0 Å². The summed E-state index contributed by atoms with van der Waals surface area (Å²) in [5.41, 5.74) is 10.7. The lowest BCUT2D eigenvalue weighted by molar-refractivity contribution is 0.166. The molecular formula is C6H17N3O. The van der Waals surface area contributed by atoms with Crippen molar-refractivity contribution in [2.24, 2.45) is 11.5 Å². The third kappa shape index (κ3) is 5.97. The molecule has 0 saturated heterocycles. The molecule has 0 aliphatic carbocycles. The summed E-state index contributed by atoms with van der Waals surface area (Å²) in [6.07, 6.45) is 0.615. The van der Waals surface area contributed by atoms with E-state index in [0.717, 1.165) is 13.0 Å². The summed E-state index contributed by atoms with van der Waals surface area (Å²) in [5.74, 6) is 0. The van der Waals surface area contributed by atoms with Crippen molar-refractivity contribution in [2.75, 3.05) is 13.6 Å². The van der Waals surface area contributed by atoms with Crippen LogP contribution in [0.15, 0.2) is 0 Å². The van der Waals surface area contributed by atoms with E-state index in [9.17, 15) is 0 Å². The Balaban J connectivity index is 3.12. The molecule has 0 aliphatic heterocycles. The highest BCUT2D eigenvalue weighted by Gasteiger charge is 2.02. The average molecular weight is 147 g/mol. The summed E-state index contributed by atoms with van der Waals surface area (Å²) in [6.45, 7) is 0.771. The molecule has 10 heavy (non-hydrogen) atoms. The van der Waals surface area contributed by atoms with Crippen LogP contribution in [-0.2, 0) is 0 Å². The maximum Gasteiger partial charge on any atom is 0.102 e. The molecule has 0 aromatic heterocycles. The van der Waals surface area contributed by atoms with Crippen molar-refractivity contribution in [3.63, 3.8) is 0 Å². The number of nitrogens with one attached hydrogen (secondary N) is 1. The minimum absolute atomic E-state index is 0.100. The molecule has 2 unspecified atom stereocenters. The van der Waals surface area contributed by atoms with Crippen LogP contribution < -0.4 is 16.8 Å². The SMILES string of the molecule is CNCC(N)CCC(N)O. The Labute approximate surface area is 61.6 Å². The zero-order chi connectivity index (χ0) is 7.98. The van der Waals surface area contributed by atoms with Gasteiger partial charge in [0, 0.05) is 12.6 Å². The van der Waals surface area contributed by atoms with Gasteiger partial charge >= 0.3 is 0 Å². The van der Waals surface area contributed by atoms with Gasteiger partial charge in [-0.05, 0) is 19.9 Å². The van der Waals surface area contributed by atoms with Crippen molar-refractivity contribution in [3.05, 3.63) is 0 Å². The Hall–Kier alpha value is -0.160. The van der Waals surface area contributed by atoms with E-state index in [1.165, 1.54) is 0 Å². The van der Waals surface area contributed by atoms with Crippen LogP contribution >= 0.6 is 0 Å². The molecule has 6 N–H and O–H groups in total. The van der Waals surface area contributed by atoms with Crippen LogP contribution in [0, 0.1) is 0 Å². The van der Waals surface area contributed by atoms with E-state index >= 15 is 0 Å². The van der Waals surface area contributed by atoms with E-state index in [-0.39, 0.29) is 6.04 Å². The lowest BCUT2D eigenvalue weighted by Gasteiger charge is -2.11. The molecule has 0 bridgehead atoms. The molecule has 2 atom stereocenters. The second-order valence-electron chi connectivity index (χ2n) is 2.46. The van der Waals surface area contributed by atoms with Gasteiger partial charge in [-0.15, -0.1) is 0 Å². The van der Waals surface area contributed by atoms with Gasteiger partial charge in [0.25, 0.3) is 0 Å². The third-order valence-electron chi connectivity index (χ3n) is 1.30. The highest BCUT2D eigenvalue weighted by Crippen LogP contribution is 1.94. The average Bonchev–Trinajstić information content (AvgIpc) is 1.85. The second-order valence-corrected chi connectivity index (χ2v) is 2.46. The van der Waals surface area contributed by atoms with E-state index in [0.29, 0.717) is 6.42 Å². The standard InChI is InChI=1S/C6H17N3O/c1-9-4-5(7)2-3-6(8)10/h5-6,9-10H,2-4,7-8H2,1H3. The van der Waals surface area contributed by atoms with Crippen LogP contribution in [0.25, 0.3) is 0 Å². The first-order chi connectivity index (χ1) is 4.66. The van der Waals surface area contributed by atoms with Gasteiger partial charge in [0.1, 0.15) is 6.23 Å². The molecule has 0 heterocycles. The van der Waals surface area contributed by atoms with Gasteiger partial charge in [0.2, 0.25) is 0 Å². The Morgan fingerprint density at radius 2 is 2.00 bits per heavy atom. The molecule has 0 fully saturated rings. The van der Waals surface area contributed by atoms with Gasteiger partial charge in [-0.3, -0.25) is 0 Å². The Morgan fingerprint density at radius 1 is 1.40 bits per heavy atom. The van der Waals surface area contributed by atoms with Crippen LogP contribution in [0.2, 0.25) is 0 Å². The summed E-state index contributed by atoms with van der Waals surface area (Å²) in [7, 11) is 1.85. The van der Waals surface area contributed by atoms with Crippen LogP contribution in [0.3, 0.4) is 0 Å². The van der Waals surface area contributed by atoms with E-state index in [2.05, 4.69) is 5.32 Å². The maximum absolute atomic E-state index is 8.67. The lowest BCUT2D eigenvalue weighted by atomic mass is 10.1. The Morgan fingerprint density at radius 3 is 2.40 bits per heavy atom. The van der Waals surface area contributed by atoms with Crippen molar-refractivity contribution in [1.82, 2.24) is 5.32 Å². The van der Waals surface area contributed by atoms with Crippen molar-refractivity contribution < 1.29 is 5.11 Å². The topological polar surface area (TPSA) is 84.3 Å². The number of aliphatic hydroxyl groups excluding tert-OH is 1. The number of rotatable bonds is 5. The normalized spacial score (nSPS) is 16.8. The minimum Gasteiger partial charge on any atom is -0.379 e. The molecule has 0 aromatic carbocycles. The van der Waals surface area contributed by atoms with Gasteiger partial charge in [-0.25, -0.2) is 0 Å². The number of likely N-dealkylation sites (N-methyl/N-ethyl adjacent to an activating group) is 1. The predicted octanol–water partition coefficient (Wildman–Crippen LogP) is -1.41. The molecule has 0 spiro atoms. The first kappa shape index (κ1) is 9.84. The van der Waals surface area contributed by atoms with E-state index in [1.54, 1.807) is 0 Å². The van der Waals surface area contributed by atoms with Gasteiger partial charge in [-0.1, -0.05) is 0 Å². The molecule has 0 radical (unpaired) electrons. The molecular weight excluding hydrogens is 130 g/mol. The summed E-state index contributed by atoms with van der Waals surface area (Å²) in [4.78, 5) is 0. The predicted molar refractivity (Wildman–Crippen MR) is 41.3 cm³/mol.